The van der Waals surface area contributed by atoms with Crippen LogP contribution in [0.4, 0.5) is 0 Å². The average molecular weight is 216 g/mol. The average Bonchev–Trinajstić information content (AvgIpc) is 2.24. The molecule has 1 atom stereocenters. The minimum Gasteiger partial charge on any atom is -0.326 e. The maximum Gasteiger partial charge on any atom is 0.251 e. The van der Waals surface area contributed by atoms with E-state index in [9.17, 15) is 4.79 Å². The van der Waals surface area contributed by atoms with Gasteiger partial charge in [-0.2, -0.15) is 0 Å². The summed E-state index contributed by atoms with van der Waals surface area (Å²) in [5.74, 6) is 0. The predicted octanol–water partition coefficient (Wildman–Crippen LogP) is 1.66. The number of pyridine rings is 1. The normalized spacial score (nSPS) is 12.9. The van der Waals surface area contributed by atoms with Crippen molar-refractivity contribution in [1.82, 2.24) is 4.57 Å². The maximum atomic E-state index is 11.9. The van der Waals surface area contributed by atoms with E-state index in [4.69, 9.17) is 5.73 Å². The first kappa shape index (κ1) is 10.9. The van der Waals surface area contributed by atoms with E-state index >= 15 is 0 Å². The van der Waals surface area contributed by atoms with E-state index in [2.05, 4.69) is 0 Å². The van der Waals surface area contributed by atoms with Crippen LogP contribution in [-0.2, 0) is 6.54 Å². The van der Waals surface area contributed by atoms with Gasteiger partial charge in [-0.1, -0.05) is 18.2 Å². The molecule has 0 spiro atoms. The lowest BCUT2D eigenvalue weighted by atomic mass is 10.1. The van der Waals surface area contributed by atoms with Crippen LogP contribution in [0.1, 0.15) is 12.5 Å². The van der Waals surface area contributed by atoms with E-state index in [-0.39, 0.29) is 11.6 Å². The molecule has 2 aromatic rings. The molecule has 1 aromatic carbocycles. The van der Waals surface area contributed by atoms with Gasteiger partial charge in [-0.3, -0.25) is 4.79 Å². The number of rotatable bonds is 2. The molecule has 0 saturated carbocycles. The van der Waals surface area contributed by atoms with E-state index in [1.807, 2.05) is 38.1 Å². The first-order chi connectivity index (χ1) is 7.59. The Bertz CT molecular complexity index is 570. The van der Waals surface area contributed by atoms with E-state index in [0.29, 0.717) is 6.54 Å². The van der Waals surface area contributed by atoms with Gasteiger partial charge in [0.2, 0.25) is 0 Å². The molecule has 0 fully saturated rings. The summed E-state index contributed by atoms with van der Waals surface area (Å²) in [6.07, 6.45) is 0. The Labute approximate surface area is 94.5 Å². The highest BCUT2D eigenvalue weighted by Gasteiger charge is 2.06. The largest absolute Gasteiger partial charge is 0.326 e. The summed E-state index contributed by atoms with van der Waals surface area (Å²) in [6.45, 7) is 4.42. The Morgan fingerprint density at radius 3 is 2.75 bits per heavy atom. The van der Waals surface area contributed by atoms with Gasteiger partial charge < -0.3 is 10.3 Å². The molecule has 0 radical (unpaired) electrons. The summed E-state index contributed by atoms with van der Waals surface area (Å²) in [5.41, 5.74) is 7.76. The molecule has 1 unspecified atom stereocenters. The quantitative estimate of drug-likeness (QED) is 0.830. The second-order valence-corrected chi connectivity index (χ2v) is 4.27. The molecule has 0 bridgehead atoms. The zero-order chi connectivity index (χ0) is 11.7. The molecule has 1 aromatic heterocycles. The number of fused-ring (bicyclic) bond motifs is 1. The molecule has 84 valence electrons. The summed E-state index contributed by atoms with van der Waals surface area (Å²) in [6, 6.07) is 9.57. The second kappa shape index (κ2) is 4.10. The van der Waals surface area contributed by atoms with E-state index in [1.54, 1.807) is 10.6 Å². The number of nitrogens with two attached hydrogens (primary N) is 1. The molecule has 2 rings (SSSR count). The number of hydrogen-bond donors (Lipinski definition) is 1. The van der Waals surface area contributed by atoms with Gasteiger partial charge in [0.25, 0.3) is 5.56 Å². The highest BCUT2D eigenvalue weighted by atomic mass is 16.1. The van der Waals surface area contributed by atoms with Crippen LogP contribution in [0.3, 0.4) is 0 Å². The summed E-state index contributed by atoms with van der Waals surface area (Å²) in [4.78, 5) is 11.9. The van der Waals surface area contributed by atoms with Crippen LogP contribution < -0.4 is 11.3 Å². The molecule has 0 aliphatic rings. The van der Waals surface area contributed by atoms with Crippen LogP contribution in [0, 0.1) is 6.92 Å². The molecule has 3 heteroatoms. The molecule has 0 aliphatic heterocycles. The molecule has 3 nitrogen and oxygen atoms in total. The third-order valence-electron chi connectivity index (χ3n) is 2.70. The topological polar surface area (TPSA) is 48.0 Å². The monoisotopic (exact) mass is 216 g/mol. The minimum atomic E-state index is -0.0242. The van der Waals surface area contributed by atoms with E-state index in [1.165, 1.54) is 0 Å². The highest BCUT2D eigenvalue weighted by molar-refractivity contribution is 5.82. The van der Waals surface area contributed by atoms with Crippen molar-refractivity contribution in [3.05, 3.63) is 46.2 Å². The summed E-state index contributed by atoms with van der Waals surface area (Å²) in [7, 11) is 0. The van der Waals surface area contributed by atoms with Crippen molar-refractivity contribution in [2.24, 2.45) is 5.73 Å². The van der Waals surface area contributed by atoms with Gasteiger partial charge in [-0.15, -0.1) is 0 Å². The number of hydrogen-bond acceptors (Lipinski definition) is 2. The van der Waals surface area contributed by atoms with Crippen molar-refractivity contribution >= 4 is 10.9 Å². The van der Waals surface area contributed by atoms with Gasteiger partial charge in [0.15, 0.2) is 0 Å². The number of benzene rings is 1. The molecule has 16 heavy (non-hydrogen) atoms. The molecule has 0 amide bonds. The van der Waals surface area contributed by atoms with Crippen LogP contribution in [0.2, 0.25) is 0 Å². The van der Waals surface area contributed by atoms with E-state index < -0.39 is 0 Å². The maximum absolute atomic E-state index is 11.9. The zero-order valence-electron chi connectivity index (χ0n) is 9.60. The second-order valence-electron chi connectivity index (χ2n) is 4.27. The molecular formula is C13H16N2O. The van der Waals surface area contributed by atoms with Gasteiger partial charge in [0.1, 0.15) is 0 Å². The first-order valence-electron chi connectivity index (χ1n) is 5.44. The lowest BCUT2D eigenvalue weighted by molar-refractivity contribution is 0.589. The third kappa shape index (κ3) is 1.86. The van der Waals surface area contributed by atoms with Crippen LogP contribution in [0.25, 0.3) is 10.9 Å². The predicted molar refractivity (Wildman–Crippen MR) is 66.6 cm³/mol. The highest BCUT2D eigenvalue weighted by Crippen LogP contribution is 2.15. The number of nitrogens with zero attached hydrogens (tertiary/aromatic N) is 1. The van der Waals surface area contributed by atoms with Crippen LogP contribution in [0.15, 0.2) is 35.1 Å². The number of aryl methyl sites for hydroxylation is 1. The number of aromatic nitrogens is 1. The van der Waals surface area contributed by atoms with Gasteiger partial charge in [0.05, 0.1) is 5.52 Å². The lowest BCUT2D eigenvalue weighted by Gasteiger charge is -2.13. The van der Waals surface area contributed by atoms with Crippen LogP contribution in [-0.4, -0.2) is 10.6 Å². The van der Waals surface area contributed by atoms with Crippen LogP contribution in [0.5, 0.6) is 0 Å². The van der Waals surface area contributed by atoms with Crippen LogP contribution >= 0.6 is 0 Å². The molecule has 2 N–H and O–H groups in total. The molecule has 1 heterocycles. The Morgan fingerprint density at radius 1 is 1.38 bits per heavy atom. The SMILES string of the molecule is Cc1cc(=O)n(CC(C)N)c2ccccc12. The van der Waals surface area contributed by atoms with Crippen molar-refractivity contribution in [1.29, 1.82) is 0 Å². The molecule has 0 aliphatic carbocycles. The van der Waals surface area contributed by atoms with Crippen molar-refractivity contribution in [2.45, 2.75) is 26.4 Å². The van der Waals surface area contributed by atoms with Crippen molar-refractivity contribution in [3.8, 4) is 0 Å². The Balaban J connectivity index is 2.76. The minimum absolute atomic E-state index is 0.0218. The van der Waals surface area contributed by atoms with Gasteiger partial charge in [-0.25, -0.2) is 0 Å². The van der Waals surface area contributed by atoms with Crippen molar-refractivity contribution in [3.63, 3.8) is 0 Å². The fourth-order valence-electron chi connectivity index (χ4n) is 1.98. The van der Waals surface area contributed by atoms with Gasteiger partial charge >= 0.3 is 0 Å². The lowest BCUT2D eigenvalue weighted by Crippen LogP contribution is -2.30. The zero-order valence-corrected chi connectivity index (χ0v) is 9.60. The Hall–Kier alpha value is -1.61. The molecular weight excluding hydrogens is 200 g/mol. The first-order valence-corrected chi connectivity index (χ1v) is 5.44. The number of para-hydroxylation sites is 1. The smallest absolute Gasteiger partial charge is 0.251 e. The summed E-state index contributed by atoms with van der Waals surface area (Å²) >= 11 is 0. The van der Waals surface area contributed by atoms with E-state index in [0.717, 1.165) is 16.5 Å². The third-order valence-corrected chi connectivity index (χ3v) is 2.70. The standard InChI is InChI=1S/C13H16N2O/c1-9-7-13(16)15(8-10(2)14)12-6-4-3-5-11(9)12/h3-7,10H,8,14H2,1-2H3. The van der Waals surface area contributed by atoms with Gasteiger partial charge in [0, 0.05) is 24.0 Å². The Morgan fingerprint density at radius 2 is 2.06 bits per heavy atom. The summed E-state index contributed by atoms with van der Waals surface area (Å²) < 4.78 is 1.74. The molecule has 0 saturated heterocycles. The van der Waals surface area contributed by atoms with Gasteiger partial charge in [-0.05, 0) is 25.5 Å². The van der Waals surface area contributed by atoms with Crippen molar-refractivity contribution in [2.75, 3.05) is 0 Å². The Kier molecular flexibility index (Phi) is 2.79. The summed E-state index contributed by atoms with van der Waals surface area (Å²) in [5, 5.41) is 1.11. The fourth-order valence-corrected chi connectivity index (χ4v) is 1.98. The van der Waals surface area contributed by atoms with Crippen molar-refractivity contribution < 1.29 is 0 Å². The fraction of sp³-hybridized carbons (Fsp3) is 0.308.